The number of nitrogens with one attached hydrogen (secondary N) is 1. The zero-order chi connectivity index (χ0) is 21.6. The molecule has 0 atom stereocenters. The Hall–Kier alpha value is -2.54. The second-order valence-electron chi connectivity index (χ2n) is 7.43. The maximum absolute atomic E-state index is 12.3. The number of para-hydroxylation sites is 1. The van der Waals surface area contributed by atoms with Gasteiger partial charge in [0.2, 0.25) is 15.9 Å². The van der Waals surface area contributed by atoms with Crippen molar-refractivity contribution in [1.29, 1.82) is 0 Å². The molecule has 0 bridgehead atoms. The SMILES string of the molecule is Cc1ccc(N(CC(=O)NCCOc2ccccc2C(C)C)S(C)(=O)=O)cc1C. The van der Waals surface area contributed by atoms with Crippen LogP contribution in [0.15, 0.2) is 42.5 Å². The first-order chi connectivity index (χ1) is 13.6. The Morgan fingerprint density at radius 1 is 1.10 bits per heavy atom. The minimum absolute atomic E-state index is 0.274. The highest BCUT2D eigenvalue weighted by Crippen LogP contribution is 2.25. The number of nitrogens with zero attached hydrogens (tertiary/aromatic N) is 1. The molecule has 2 aromatic rings. The third-order valence-corrected chi connectivity index (χ3v) is 5.83. The van der Waals surface area contributed by atoms with Crippen LogP contribution in [0.3, 0.4) is 0 Å². The van der Waals surface area contributed by atoms with Gasteiger partial charge in [-0.05, 0) is 54.7 Å². The number of aryl methyl sites for hydroxylation is 2. The van der Waals surface area contributed by atoms with E-state index in [1.165, 1.54) is 0 Å². The summed E-state index contributed by atoms with van der Waals surface area (Å²) < 4.78 is 31.3. The molecule has 158 valence electrons. The summed E-state index contributed by atoms with van der Waals surface area (Å²) in [5.41, 5.74) is 3.61. The van der Waals surface area contributed by atoms with Crippen LogP contribution in [0.4, 0.5) is 5.69 Å². The molecule has 0 radical (unpaired) electrons. The first-order valence-corrected chi connectivity index (χ1v) is 11.5. The summed E-state index contributed by atoms with van der Waals surface area (Å²) in [6.45, 7) is 8.37. The second-order valence-corrected chi connectivity index (χ2v) is 9.34. The van der Waals surface area contributed by atoms with Crippen LogP contribution in [-0.4, -0.2) is 40.3 Å². The van der Waals surface area contributed by atoms with Crippen molar-refractivity contribution in [3.8, 4) is 5.75 Å². The molecule has 0 saturated heterocycles. The fraction of sp³-hybridized carbons (Fsp3) is 0.409. The molecular formula is C22H30N2O4S. The fourth-order valence-corrected chi connectivity index (χ4v) is 3.76. The van der Waals surface area contributed by atoms with E-state index >= 15 is 0 Å². The van der Waals surface area contributed by atoms with Crippen LogP contribution in [0, 0.1) is 13.8 Å². The number of carbonyl (C=O) groups is 1. The Bertz CT molecular complexity index is 955. The number of sulfonamides is 1. The van der Waals surface area contributed by atoms with E-state index < -0.39 is 10.0 Å². The normalized spacial score (nSPS) is 11.4. The molecule has 29 heavy (non-hydrogen) atoms. The number of anilines is 1. The Labute approximate surface area is 173 Å². The van der Waals surface area contributed by atoms with Crippen molar-refractivity contribution in [2.75, 3.05) is 30.3 Å². The van der Waals surface area contributed by atoms with E-state index in [1.54, 1.807) is 12.1 Å². The molecule has 0 unspecified atom stereocenters. The summed E-state index contributed by atoms with van der Waals surface area (Å²) in [5.74, 6) is 0.751. The molecule has 1 N–H and O–H groups in total. The van der Waals surface area contributed by atoms with Gasteiger partial charge in [-0.2, -0.15) is 0 Å². The Balaban J connectivity index is 1.95. The predicted octanol–water partition coefficient (Wildman–Crippen LogP) is 3.39. The monoisotopic (exact) mass is 418 g/mol. The highest BCUT2D eigenvalue weighted by Gasteiger charge is 2.21. The average molecular weight is 419 g/mol. The molecule has 0 spiro atoms. The van der Waals surface area contributed by atoms with Crippen molar-refractivity contribution in [1.82, 2.24) is 5.32 Å². The zero-order valence-electron chi connectivity index (χ0n) is 17.7. The van der Waals surface area contributed by atoms with E-state index in [0.29, 0.717) is 18.2 Å². The van der Waals surface area contributed by atoms with Crippen LogP contribution in [0.2, 0.25) is 0 Å². The molecule has 2 rings (SSSR count). The predicted molar refractivity (Wildman–Crippen MR) is 117 cm³/mol. The Kier molecular flexibility index (Phi) is 7.67. The lowest BCUT2D eigenvalue weighted by Gasteiger charge is -2.22. The topological polar surface area (TPSA) is 75.7 Å². The van der Waals surface area contributed by atoms with Crippen molar-refractivity contribution in [2.24, 2.45) is 0 Å². The van der Waals surface area contributed by atoms with Gasteiger partial charge in [-0.3, -0.25) is 9.10 Å². The third-order valence-electron chi connectivity index (χ3n) is 4.69. The maximum Gasteiger partial charge on any atom is 0.240 e. The Morgan fingerprint density at radius 2 is 1.79 bits per heavy atom. The number of hydrogen-bond donors (Lipinski definition) is 1. The fourth-order valence-electron chi connectivity index (χ4n) is 2.91. The molecule has 0 heterocycles. The van der Waals surface area contributed by atoms with Crippen LogP contribution in [0.1, 0.15) is 36.5 Å². The van der Waals surface area contributed by atoms with E-state index in [2.05, 4.69) is 19.2 Å². The largest absolute Gasteiger partial charge is 0.491 e. The Morgan fingerprint density at radius 3 is 2.41 bits per heavy atom. The van der Waals surface area contributed by atoms with Crippen molar-refractivity contribution in [3.63, 3.8) is 0 Å². The molecule has 0 saturated carbocycles. The van der Waals surface area contributed by atoms with Gasteiger partial charge in [-0.15, -0.1) is 0 Å². The van der Waals surface area contributed by atoms with Gasteiger partial charge in [0.1, 0.15) is 18.9 Å². The zero-order valence-corrected chi connectivity index (χ0v) is 18.5. The lowest BCUT2D eigenvalue weighted by Crippen LogP contribution is -2.41. The van der Waals surface area contributed by atoms with Crippen LogP contribution in [0.5, 0.6) is 5.75 Å². The number of benzene rings is 2. The van der Waals surface area contributed by atoms with Gasteiger partial charge >= 0.3 is 0 Å². The van der Waals surface area contributed by atoms with Gasteiger partial charge < -0.3 is 10.1 Å². The molecule has 2 aromatic carbocycles. The van der Waals surface area contributed by atoms with Crippen molar-refractivity contribution in [2.45, 2.75) is 33.6 Å². The molecule has 0 aromatic heterocycles. The number of amides is 1. The average Bonchev–Trinajstić information content (AvgIpc) is 2.65. The van der Waals surface area contributed by atoms with Crippen molar-refractivity contribution >= 4 is 21.6 Å². The summed E-state index contributed by atoms with van der Waals surface area (Å²) >= 11 is 0. The number of ether oxygens (including phenoxy) is 1. The summed E-state index contributed by atoms with van der Waals surface area (Å²) in [6.07, 6.45) is 1.10. The van der Waals surface area contributed by atoms with Gasteiger partial charge in [0.05, 0.1) is 18.5 Å². The molecule has 6 nitrogen and oxygen atoms in total. The minimum Gasteiger partial charge on any atom is -0.491 e. The third kappa shape index (κ3) is 6.49. The number of carbonyl (C=O) groups excluding carboxylic acids is 1. The minimum atomic E-state index is -3.59. The highest BCUT2D eigenvalue weighted by atomic mass is 32.2. The summed E-state index contributed by atoms with van der Waals surface area (Å²) in [5, 5.41) is 2.73. The molecule has 1 amide bonds. The van der Waals surface area contributed by atoms with E-state index in [9.17, 15) is 13.2 Å². The van der Waals surface area contributed by atoms with E-state index in [0.717, 1.165) is 33.0 Å². The van der Waals surface area contributed by atoms with Crippen molar-refractivity contribution < 1.29 is 17.9 Å². The van der Waals surface area contributed by atoms with Gasteiger partial charge in [0, 0.05) is 0 Å². The first-order valence-electron chi connectivity index (χ1n) is 9.63. The quantitative estimate of drug-likeness (QED) is 0.634. The van der Waals surface area contributed by atoms with E-state index in [-0.39, 0.29) is 19.0 Å². The number of rotatable bonds is 9. The standard InChI is InChI=1S/C22H30N2O4S/c1-16(2)20-8-6-7-9-21(20)28-13-12-23-22(25)15-24(29(5,26)27)19-11-10-17(3)18(4)14-19/h6-11,14,16H,12-13,15H2,1-5H3,(H,23,25). The van der Waals surface area contributed by atoms with E-state index in [1.807, 2.05) is 44.2 Å². The van der Waals surface area contributed by atoms with Crippen molar-refractivity contribution in [3.05, 3.63) is 59.2 Å². The maximum atomic E-state index is 12.3. The van der Waals surface area contributed by atoms with Gasteiger partial charge in [-0.1, -0.05) is 38.1 Å². The lowest BCUT2D eigenvalue weighted by molar-refractivity contribution is -0.119. The van der Waals surface area contributed by atoms with Crippen LogP contribution < -0.4 is 14.4 Å². The van der Waals surface area contributed by atoms with Crippen LogP contribution >= 0.6 is 0 Å². The van der Waals surface area contributed by atoms with E-state index in [4.69, 9.17) is 4.74 Å². The first kappa shape index (κ1) is 22.7. The van der Waals surface area contributed by atoms with Gasteiger partial charge in [-0.25, -0.2) is 8.42 Å². The molecule has 0 aliphatic carbocycles. The molecule has 0 aliphatic rings. The second kappa shape index (κ2) is 9.78. The van der Waals surface area contributed by atoms with Gasteiger partial charge in [0.25, 0.3) is 0 Å². The highest BCUT2D eigenvalue weighted by molar-refractivity contribution is 7.92. The smallest absolute Gasteiger partial charge is 0.240 e. The van der Waals surface area contributed by atoms with Crippen LogP contribution in [0.25, 0.3) is 0 Å². The molecular weight excluding hydrogens is 388 g/mol. The lowest BCUT2D eigenvalue weighted by atomic mass is 10.0. The van der Waals surface area contributed by atoms with Gasteiger partial charge in [0.15, 0.2) is 0 Å². The van der Waals surface area contributed by atoms with Crippen LogP contribution in [-0.2, 0) is 14.8 Å². The summed E-state index contributed by atoms with van der Waals surface area (Å²) in [6, 6.07) is 13.1. The summed E-state index contributed by atoms with van der Waals surface area (Å²) in [4.78, 5) is 12.3. The molecule has 0 aliphatic heterocycles. The molecule has 7 heteroatoms. The molecule has 0 fully saturated rings. The number of hydrogen-bond acceptors (Lipinski definition) is 4. The summed E-state index contributed by atoms with van der Waals surface area (Å²) in [7, 11) is -3.59.